The minimum Gasteiger partial charge on any atom is -0.376 e. The highest BCUT2D eigenvalue weighted by Crippen LogP contribution is 2.23. The maximum atomic E-state index is 11.9. The summed E-state index contributed by atoms with van der Waals surface area (Å²) in [6, 6.07) is 15.7. The van der Waals surface area contributed by atoms with Crippen LogP contribution in [0.25, 0.3) is 10.1 Å². The van der Waals surface area contributed by atoms with Gasteiger partial charge in [-0.25, -0.2) is 0 Å². The number of hydrogen-bond donors (Lipinski definition) is 2. The van der Waals surface area contributed by atoms with Gasteiger partial charge in [-0.15, -0.1) is 11.3 Å². The summed E-state index contributed by atoms with van der Waals surface area (Å²) >= 11 is 5.09. The molecule has 2 N–H and O–H groups in total. The average molecular weight is 361 g/mol. The Morgan fingerprint density at radius 3 is 2.86 bits per heavy atom. The molecule has 106 valence electrons. The molecule has 0 aliphatic rings. The van der Waals surface area contributed by atoms with Crippen LogP contribution in [0, 0.1) is 0 Å². The lowest BCUT2D eigenvalue weighted by Gasteiger charge is -2.08. The number of fused-ring (bicyclic) bond motifs is 1. The first kappa shape index (κ1) is 14.1. The first-order chi connectivity index (χ1) is 10.2. The third-order valence-corrected chi connectivity index (χ3v) is 4.40. The van der Waals surface area contributed by atoms with Crippen LogP contribution in [-0.4, -0.2) is 12.5 Å². The quantitative estimate of drug-likeness (QED) is 0.706. The van der Waals surface area contributed by atoms with Crippen molar-refractivity contribution in [3.8, 4) is 0 Å². The number of halogens is 1. The second-order valence-electron chi connectivity index (χ2n) is 4.59. The average Bonchev–Trinajstić information content (AvgIpc) is 2.92. The Balaban J connectivity index is 1.60. The van der Waals surface area contributed by atoms with E-state index in [9.17, 15) is 4.79 Å². The van der Waals surface area contributed by atoms with E-state index in [0.717, 1.165) is 15.8 Å². The van der Waals surface area contributed by atoms with Crippen molar-refractivity contribution in [2.75, 3.05) is 17.2 Å². The van der Waals surface area contributed by atoms with E-state index in [-0.39, 0.29) is 12.5 Å². The Labute approximate surface area is 135 Å². The van der Waals surface area contributed by atoms with Gasteiger partial charge in [0.05, 0.1) is 6.54 Å². The summed E-state index contributed by atoms with van der Waals surface area (Å²) in [4.78, 5) is 11.9. The molecule has 0 unspecified atom stereocenters. The predicted octanol–water partition coefficient (Wildman–Crippen LogP) is 4.71. The summed E-state index contributed by atoms with van der Waals surface area (Å²) in [6.45, 7) is 0.238. The molecular weight excluding hydrogens is 348 g/mol. The molecule has 2 aromatic carbocycles. The van der Waals surface area contributed by atoms with Gasteiger partial charge in [-0.1, -0.05) is 22.0 Å². The largest absolute Gasteiger partial charge is 0.376 e. The first-order valence-corrected chi connectivity index (χ1v) is 8.14. The second kappa shape index (κ2) is 6.28. The molecule has 0 bridgehead atoms. The molecule has 3 rings (SSSR count). The van der Waals surface area contributed by atoms with Gasteiger partial charge in [0.25, 0.3) is 0 Å². The van der Waals surface area contributed by atoms with Crippen molar-refractivity contribution >= 4 is 54.6 Å². The van der Waals surface area contributed by atoms with E-state index >= 15 is 0 Å². The molecule has 1 amide bonds. The summed E-state index contributed by atoms with van der Waals surface area (Å²) in [7, 11) is 0. The maximum Gasteiger partial charge on any atom is 0.243 e. The molecule has 5 heteroatoms. The minimum absolute atomic E-state index is 0.0708. The fourth-order valence-electron chi connectivity index (χ4n) is 2.03. The normalized spacial score (nSPS) is 10.5. The Kier molecular flexibility index (Phi) is 4.22. The van der Waals surface area contributed by atoms with Crippen LogP contribution < -0.4 is 10.6 Å². The zero-order valence-electron chi connectivity index (χ0n) is 11.1. The molecule has 0 saturated carbocycles. The first-order valence-electron chi connectivity index (χ1n) is 6.47. The fourth-order valence-corrected chi connectivity index (χ4v) is 3.20. The summed E-state index contributed by atoms with van der Waals surface area (Å²) in [5.74, 6) is -0.0708. The lowest BCUT2D eigenvalue weighted by atomic mass is 10.2. The fraction of sp³-hybridized carbons (Fsp3) is 0.0625. The molecule has 3 aromatic rings. The van der Waals surface area contributed by atoms with Crippen LogP contribution in [0.3, 0.4) is 0 Å². The number of carbonyl (C=O) groups excluding carboxylic acids is 1. The summed E-state index contributed by atoms with van der Waals surface area (Å²) in [5.41, 5.74) is 1.73. The van der Waals surface area contributed by atoms with Crippen LogP contribution in [0.4, 0.5) is 11.4 Å². The van der Waals surface area contributed by atoms with Crippen LogP contribution in [0.5, 0.6) is 0 Å². The number of nitrogens with one attached hydrogen (secondary N) is 2. The summed E-state index contributed by atoms with van der Waals surface area (Å²) < 4.78 is 2.19. The Hall–Kier alpha value is -1.85. The van der Waals surface area contributed by atoms with Gasteiger partial charge in [0.2, 0.25) is 5.91 Å². The highest BCUT2D eigenvalue weighted by Gasteiger charge is 2.03. The number of amides is 1. The van der Waals surface area contributed by atoms with E-state index in [0.29, 0.717) is 0 Å². The van der Waals surface area contributed by atoms with Crippen molar-refractivity contribution < 1.29 is 4.79 Å². The van der Waals surface area contributed by atoms with Gasteiger partial charge in [0, 0.05) is 20.5 Å². The number of rotatable bonds is 4. The number of carbonyl (C=O) groups is 1. The highest BCUT2D eigenvalue weighted by atomic mass is 79.9. The van der Waals surface area contributed by atoms with E-state index in [1.165, 1.54) is 10.1 Å². The third kappa shape index (κ3) is 3.62. The number of anilines is 2. The molecule has 1 aromatic heterocycles. The number of hydrogen-bond acceptors (Lipinski definition) is 3. The van der Waals surface area contributed by atoms with Crippen LogP contribution in [0.2, 0.25) is 0 Å². The number of thiophene rings is 1. The maximum absolute atomic E-state index is 11.9. The Morgan fingerprint density at radius 1 is 1.10 bits per heavy atom. The number of benzene rings is 2. The summed E-state index contributed by atoms with van der Waals surface area (Å²) in [6.07, 6.45) is 0. The predicted molar refractivity (Wildman–Crippen MR) is 93.1 cm³/mol. The second-order valence-corrected chi connectivity index (χ2v) is 6.45. The van der Waals surface area contributed by atoms with Gasteiger partial charge in [-0.3, -0.25) is 4.79 Å². The molecule has 21 heavy (non-hydrogen) atoms. The van der Waals surface area contributed by atoms with Crippen LogP contribution in [0.1, 0.15) is 0 Å². The lowest BCUT2D eigenvalue weighted by molar-refractivity contribution is -0.114. The van der Waals surface area contributed by atoms with Crippen molar-refractivity contribution in [3.05, 3.63) is 58.4 Å². The van der Waals surface area contributed by atoms with E-state index < -0.39 is 0 Å². The van der Waals surface area contributed by atoms with Crippen molar-refractivity contribution in [2.45, 2.75) is 0 Å². The molecule has 0 saturated heterocycles. The van der Waals surface area contributed by atoms with E-state index in [2.05, 4.69) is 50.1 Å². The standard InChI is InChI=1S/C16H13BrN2OS/c17-12-2-1-3-14(9-12)19-16(20)10-18-13-4-5-15-11(8-13)6-7-21-15/h1-9,18H,10H2,(H,19,20). The van der Waals surface area contributed by atoms with Crippen molar-refractivity contribution in [3.63, 3.8) is 0 Å². The van der Waals surface area contributed by atoms with Gasteiger partial charge in [-0.05, 0) is 53.2 Å². The monoisotopic (exact) mass is 360 g/mol. The molecule has 0 atom stereocenters. The summed E-state index contributed by atoms with van der Waals surface area (Å²) in [5, 5.41) is 9.25. The molecule has 0 aliphatic heterocycles. The van der Waals surface area contributed by atoms with Gasteiger partial charge >= 0.3 is 0 Å². The molecule has 0 spiro atoms. The zero-order chi connectivity index (χ0) is 14.7. The topological polar surface area (TPSA) is 41.1 Å². The smallest absolute Gasteiger partial charge is 0.243 e. The lowest BCUT2D eigenvalue weighted by Crippen LogP contribution is -2.21. The van der Waals surface area contributed by atoms with E-state index in [1.54, 1.807) is 11.3 Å². The van der Waals surface area contributed by atoms with E-state index in [1.807, 2.05) is 30.3 Å². The molecule has 3 nitrogen and oxygen atoms in total. The van der Waals surface area contributed by atoms with Gasteiger partial charge < -0.3 is 10.6 Å². The SMILES string of the molecule is O=C(CNc1ccc2sccc2c1)Nc1cccc(Br)c1. The van der Waals surface area contributed by atoms with Gasteiger partial charge in [0.15, 0.2) is 0 Å². The third-order valence-electron chi connectivity index (χ3n) is 3.01. The van der Waals surface area contributed by atoms with Gasteiger partial charge in [-0.2, -0.15) is 0 Å². The molecule has 0 radical (unpaired) electrons. The van der Waals surface area contributed by atoms with Gasteiger partial charge in [0.1, 0.15) is 0 Å². The Bertz CT molecular complexity index is 785. The van der Waals surface area contributed by atoms with E-state index in [4.69, 9.17) is 0 Å². The minimum atomic E-state index is -0.0708. The van der Waals surface area contributed by atoms with Crippen LogP contribution in [-0.2, 0) is 4.79 Å². The van der Waals surface area contributed by atoms with Crippen LogP contribution >= 0.6 is 27.3 Å². The molecular formula is C16H13BrN2OS. The Morgan fingerprint density at radius 2 is 2.00 bits per heavy atom. The molecule has 0 aliphatic carbocycles. The molecule has 1 heterocycles. The highest BCUT2D eigenvalue weighted by molar-refractivity contribution is 9.10. The van der Waals surface area contributed by atoms with Crippen LogP contribution in [0.15, 0.2) is 58.4 Å². The van der Waals surface area contributed by atoms with Crippen molar-refractivity contribution in [1.82, 2.24) is 0 Å². The molecule has 0 fully saturated rings. The van der Waals surface area contributed by atoms with Crippen molar-refractivity contribution in [2.24, 2.45) is 0 Å². The zero-order valence-corrected chi connectivity index (χ0v) is 13.5. The van der Waals surface area contributed by atoms with Crippen molar-refractivity contribution in [1.29, 1.82) is 0 Å².